The molecule has 2 nitrogen and oxygen atoms in total. The minimum absolute atomic E-state index is 0.311. The van der Waals surface area contributed by atoms with Crippen molar-refractivity contribution in [3.63, 3.8) is 0 Å². The molecule has 15 heavy (non-hydrogen) atoms. The minimum Gasteiger partial charge on any atom is -0.496 e. The average molecular weight is 210 g/mol. The van der Waals surface area contributed by atoms with E-state index in [0.29, 0.717) is 11.3 Å². The van der Waals surface area contributed by atoms with Crippen LogP contribution in [0.5, 0.6) is 5.75 Å². The van der Waals surface area contributed by atoms with Crippen molar-refractivity contribution >= 4 is 6.29 Å². The molecule has 0 radical (unpaired) electrons. The molecule has 0 saturated carbocycles. The number of ether oxygens (including phenoxy) is 1. The van der Waals surface area contributed by atoms with Gasteiger partial charge in [-0.3, -0.25) is 0 Å². The first-order valence-electron chi connectivity index (χ1n) is 4.73. The summed E-state index contributed by atoms with van der Waals surface area (Å²) in [4.78, 5) is 10.9. The molecule has 0 unspecified atom stereocenters. The standard InChI is InChI=1S/C12H15FO2/c1-8-5-9(13)11(10(6-8)15-4)12(2,3)7-14/h5-7H,1-4H3. The van der Waals surface area contributed by atoms with Crippen LogP contribution in [0.1, 0.15) is 25.0 Å². The van der Waals surface area contributed by atoms with Crippen molar-refractivity contribution in [2.75, 3.05) is 7.11 Å². The van der Waals surface area contributed by atoms with Crippen LogP contribution in [0.15, 0.2) is 12.1 Å². The monoisotopic (exact) mass is 210 g/mol. The summed E-state index contributed by atoms with van der Waals surface area (Å²) in [5, 5.41) is 0. The summed E-state index contributed by atoms with van der Waals surface area (Å²) in [7, 11) is 1.47. The van der Waals surface area contributed by atoms with Gasteiger partial charge in [0.15, 0.2) is 0 Å². The summed E-state index contributed by atoms with van der Waals surface area (Å²) < 4.78 is 18.8. The molecule has 1 aromatic rings. The maximum Gasteiger partial charge on any atom is 0.131 e. The summed E-state index contributed by atoms with van der Waals surface area (Å²) in [6, 6.07) is 3.13. The topological polar surface area (TPSA) is 26.3 Å². The molecule has 0 heterocycles. The highest BCUT2D eigenvalue weighted by Gasteiger charge is 2.27. The Hall–Kier alpha value is -1.38. The molecule has 0 fully saturated rings. The smallest absolute Gasteiger partial charge is 0.131 e. The van der Waals surface area contributed by atoms with E-state index >= 15 is 0 Å². The number of carbonyl (C=O) groups excluding carboxylic acids is 1. The van der Waals surface area contributed by atoms with Crippen LogP contribution >= 0.6 is 0 Å². The van der Waals surface area contributed by atoms with Crippen molar-refractivity contribution in [1.29, 1.82) is 0 Å². The predicted octanol–water partition coefficient (Wildman–Crippen LogP) is 2.62. The number of halogens is 1. The summed E-state index contributed by atoms with van der Waals surface area (Å²) in [5.41, 5.74) is 0.212. The fourth-order valence-corrected chi connectivity index (χ4v) is 1.56. The van der Waals surface area contributed by atoms with E-state index in [1.165, 1.54) is 13.2 Å². The zero-order valence-corrected chi connectivity index (χ0v) is 9.43. The second-order valence-corrected chi connectivity index (χ2v) is 4.16. The van der Waals surface area contributed by atoms with Gasteiger partial charge in [-0.2, -0.15) is 0 Å². The molecule has 0 atom stereocenters. The molecule has 0 aliphatic heterocycles. The molecule has 3 heteroatoms. The Morgan fingerprint density at radius 1 is 1.40 bits per heavy atom. The Kier molecular flexibility index (Phi) is 3.12. The number of aldehydes is 1. The van der Waals surface area contributed by atoms with Crippen molar-refractivity contribution < 1.29 is 13.9 Å². The quantitative estimate of drug-likeness (QED) is 0.717. The van der Waals surface area contributed by atoms with E-state index in [1.807, 2.05) is 0 Å². The Morgan fingerprint density at radius 3 is 2.47 bits per heavy atom. The van der Waals surface area contributed by atoms with Gasteiger partial charge in [-0.1, -0.05) is 0 Å². The molecular formula is C12H15FO2. The number of benzene rings is 1. The number of hydrogen-bond donors (Lipinski definition) is 0. The fourth-order valence-electron chi connectivity index (χ4n) is 1.56. The van der Waals surface area contributed by atoms with Gasteiger partial charge in [-0.15, -0.1) is 0 Å². The zero-order chi connectivity index (χ0) is 11.6. The van der Waals surface area contributed by atoms with Crippen LogP contribution in [0.3, 0.4) is 0 Å². The maximum absolute atomic E-state index is 13.7. The summed E-state index contributed by atoms with van der Waals surface area (Å²) in [5.74, 6) is 0.0218. The molecule has 1 rings (SSSR count). The van der Waals surface area contributed by atoms with Crippen molar-refractivity contribution in [2.24, 2.45) is 0 Å². The third-order valence-electron chi connectivity index (χ3n) is 2.36. The Balaban J connectivity index is 3.45. The zero-order valence-electron chi connectivity index (χ0n) is 9.43. The van der Waals surface area contributed by atoms with Crippen molar-refractivity contribution in [3.05, 3.63) is 29.1 Å². The number of hydrogen-bond acceptors (Lipinski definition) is 2. The molecule has 0 amide bonds. The summed E-state index contributed by atoms with van der Waals surface area (Å²) in [6.07, 6.45) is 0.725. The van der Waals surface area contributed by atoms with Crippen molar-refractivity contribution in [2.45, 2.75) is 26.2 Å². The molecule has 0 aromatic heterocycles. The first-order valence-corrected chi connectivity index (χ1v) is 4.73. The van der Waals surface area contributed by atoms with E-state index in [-0.39, 0.29) is 0 Å². The molecule has 0 bridgehead atoms. The summed E-state index contributed by atoms with van der Waals surface area (Å²) >= 11 is 0. The van der Waals surface area contributed by atoms with Gasteiger partial charge < -0.3 is 9.53 Å². The third-order valence-corrected chi connectivity index (χ3v) is 2.36. The van der Waals surface area contributed by atoms with Gasteiger partial charge in [0, 0.05) is 5.56 Å². The Morgan fingerprint density at radius 2 is 2.00 bits per heavy atom. The van der Waals surface area contributed by atoms with Gasteiger partial charge in [0.25, 0.3) is 0 Å². The van der Waals surface area contributed by atoms with Crippen LogP contribution in [-0.4, -0.2) is 13.4 Å². The Labute approximate surface area is 89.1 Å². The first-order chi connectivity index (χ1) is 6.92. The highest BCUT2D eigenvalue weighted by molar-refractivity contribution is 5.69. The highest BCUT2D eigenvalue weighted by atomic mass is 19.1. The molecule has 1 aromatic carbocycles. The lowest BCUT2D eigenvalue weighted by atomic mass is 9.84. The largest absolute Gasteiger partial charge is 0.496 e. The number of carbonyl (C=O) groups is 1. The molecule has 0 aliphatic rings. The van der Waals surface area contributed by atoms with Crippen LogP contribution in [0, 0.1) is 12.7 Å². The number of rotatable bonds is 3. The van der Waals surface area contributed by atoms with Gasteiger partial charge in [0.05, 0.1) is 12.5 Å². The first kappa shape index (κ1) is 11.7. The molecular weight excluding hydrogens is 195 g/mol. The minimum atomic E-state index is -0.872. The molecule has 0 N–H and O–H groups in total. The molecule has 0 saturated heterocycles. The van der Waals surface area contributed by atoms with Crippen LogP contribution in [0.25, 0.3) is 0 Å². The van der Waals surface area contributed by atoms with Gasteiger partial charge in [0.2, 0.25) is 0 Å². The van der Waals surface area contributed by atoms with E-state index in [1.54, 1.807) is 26.8 Å². The molecule has 0 aliphatic carbocycles. The molecule has 82 valence electrons. The summed E-state index contributed by atoms with van der Waals surface area (Å²) in [6.45, 7) is 5.11. The van der Waals surface area contributed by atoms with Crippen molar-refractivity contribution in [1.82, 2.24) is 0 Å². The lowest BCUT2D eigenvalue weighted by molar-refractivity contribution is -0.111. The third kappa shape index (κ3) is 2.17. The van der Waals surface area contributed by atoms with E-state index < -0.39 is 11.2 Å². The van der Waals surface area contributed by atoms with E-state index in [4.69, 9.17) is 4.74 Å². The average Bonchev–Trinajstić information content (AvgIpc) is 2.15. The van der Waals surface area contributed by atoms with Crippen molar-refractivity contribution in [3.8, 4) is 5.75 Å². The lowest BCUT2D eigenvalue weighted by Gasteiger charge is -2.21. The van der Waals surface area contributed by atoms with E-state index in [2.05, 4.69) is 0 Å². The van der Waals surface area contributed by atoms with Crippen LogP contribution < -0.4 is 4.74 Å². The normalized spacial score (nSPS) is 11.3. The van der Waals surface area contributed by atoms with Gasteiger partial charge >= 0.3 is 0 Å². The second-order valence-electron chi connectivity index (χ2n) is 4.16. The van der Waals surface area contributed by atoms with Crippen LogP contribution in [0.2, 0.25) is 0 Å². The van der Waals surface area contributed by atoms with Crippen LogP contribution in [-0.2, 0) is 10.2 Å². The number of methoxy groups -OCH3 is 1. The maximum atomic E-state index is 13.7. The fraction of sp³-hybridized carbons (Fsp3) is 0.417. The number of aryl methyl sites for hydroxylation is 1. The SMILES string of the molecule is COc1cc(C)cc(F)c1C(C)(C)C=O. The van der Waals surface area contributed by atoms with Crippen LogP contribution in [0.4, 0.5) is 4.39 Å². The van der Waals surface area contributed by atoms with E-state index in [0.717, 1.165) is 11.8 Å². The molecule has 0 spiro atoms. The predicted molar refractivity (Wildman–Crippen MR) is 56.8 cm³/mol. The van der Waals surface area contributed by atoms with Gasteiger partial charge in [-0.25, -0.2) is 4.39 Å². The lowest BCUT2D eigenvalue weighted by Crippen LogP contribution is -2.21. The van der Waals surface area contributed by atoms with Gasteiger partial charge in [-0.05, 0) is 38.5 Å². The second kappa shape index (κ2) is 4.01. The van der Waals surface area contributed by atoms with Gasteiger partial charge in [0.1, 0.15) is 17.9 Å². The highest BCUT2D eigenvalue weighted by Crippen LogP contribution is 2.33. The Bertz CT molecular complexity index is 383. The van der Waals surface area contributed by atoms with E-state index in [9.17, 15) is 9.18 Å².